The Labute approximate surface area is 185 Å². The lowest BCUT2D eigenvalue weighted by Gasteiger charge is -2.22. The maximum Gasteiger partial charge on any atom is 0.329 e. The zero-order valence-electron chi connectivity index (χ0n) is 18.8. The molecule has 3 rings (SSSR count). The number of aryl methyl sites for hydroxylation is 2. The molecule has 0 aliphatic rings. The molecule has 0 aliphatic heterocycles. The van der Waals surface area contributed by atoms with Gasteiger partial charge in [0.25, 0.3) is 0 Å². The normalized spacial score (nSPS) is 10.9. The number of methoxy groups -OCH3 is 2. The minimum absolute atomic E-state index is 0.107. The highest BCUT2D eigenvalue weighted by molar-refractivity contribution is 5.85. The molecule has 2 N–H and O–H groups in total. The molecule has 0 aliphatic carbocycles. The molecular weight excluding hydrogens is 412 g/mol. The number of aromatic nitrogens is 2. The molecule has 0 radical (unpaired) electrons. The lowest BCUT2D eigenvalue weighted by molar-refractivity contribution is -0.136. The summed E-state index contributed by atoms with van der Waals surface area (Å²) in [5.41, 5.74) is 8.28. The van der Waals surface area contributed by atoms with Crippen molar-refractivity contribution in [3.05, 3.63) is 58.0 Å². The van der Waals surface area contributed by atoms with Crippen LogP contribution >= 0.6 is 0 Å². The highest BCUT2D eigenvalue weighted by Gasteiger charge is 2.21. The number of carbonyl (C=O) groups is 2. The van der Waals surface area contributed by atoms with Gasteiger partial charge in [-0.05, 0) is 49.2 Å². The third kappa shape index (κ3) is 4.77. The van der Waals surface area contributed by atoms with Crippen LogP contribution in [0.1, 0.15) is 18.1 Å². The molecule has 32 heavy (non-hydrogen) atoms. The molecule has 2 aromatic carbocycles. The summed E-state index contributed by atoms with van der Waals surface area (Å²) in [6.45, 7) is 3.93. The van der Waals surface area contributed by atoms with Crippen molar-refractivity contribution < 1.29 is 19.1 Å². The number of imidazole rings is 1. The fourth-order valence-electron chi connectivity index (χ4n) is 3.72. The van der Waals surface area contributed by atoms with Gasteiger partial charge >= 0.3 is 5.69 Å². The molecular formula is C23H28N4O5. The van der Waals surface area contributed by atoms with Crippen LogP contribution in [0.15, 0.2) is 41.2 Å². The topological polar surface area (TPSA) is 109 Å². The monoisotopic (exact) mass is 440 g/mol. The van der Waals surface area contributed by atoms with E-state index in [-0.39, 0.29) is 25.3 Å². The van der Waals surface area contributed by atoms with Gasteiger partial charge in [-0.2, -0.15) is 0 Å². The number of rotatable bonds is 9. The van der Waals surface area contributed by atoms with Gasteiger partial charge in [-0.1, -0.05) is 6.07 Å². The summed E-state index contributed by atoms with van der Waals surface area (Å²) in [6.07, 6.45) is 0. The Hall–Kier alpha value is -3.75. The van der Waals surface area contributed by atoms with Crippen LogP contribution in [0.4, 0.5) is 0 Å². The van der Waals surface area contributed by atoms with E-state index in [2.05, 4.69) is 0 Å². The highest BCUT2D eigenvalue weighted by Crippen LogP contribution is 2.24. The van der Waals surface area contributed by atoms with E-state index in [4.69, 9.17) is 15.2 Å². The van der Waals surface area contributed by atoms with E-state index in [1.54, 1.807) is 22.8 Å². The smallest absolute Gasteiger partial charge is 0.329 e. The lowest BCUT2D eigenvalue weighted by atomic mass is 10.1. The van der Waals surface area contributed by atoms with Crippen LogP contribution in [0.5, 0.6) is 11.5 Å². The van der Waals surface area contributed by atoms with Gasteiger partial charge in [0.15, 0.2) is 0 Å². The molecule has 0 saturated carbocycles. The third-order valence-corrected chi connectivity index (χ3v) is 5.27. The molecule has 0 bridgehead atoms. The van der Waals surface area contributed by atoms with Gasteiger partial charge in [0, 0.05) is 19.2 Å². The van der Waals surface area contributed by atoms with Crippen LogP contribution in [-0.4, -0.2) is 46.6 Å². The molecule has 9 nitrogen and oxygen atoms in total. The molecule has 0 unspecified atom stereocenters. The molecule has 2 amide bonds. The second kappa shape index (κ2) is 9.59. The molecule has 0 spiro atoms. The fraction of sp³-hybridized carbons (Fsp3) is 0.348. The Morgan fingerprint density at radius 3 is 2.22 bits per heavy atom. The van der Waals surface area contributed by atoms with Gasteiger partial charge in [-0.3, -0.25) is 18.7 Å². The Morgan fingerprint density at radius 1 is 1.00 bits per heavy atom. The summed E-state index contributed by atoms with van der Waals surface area (Å²) < 4.78 is 13.6. The summed E-state index contributed by atoms with van der Waals surface area (Å²) in [6, 6.07) is 10.9. The Balaban J connectivity index is 1.95. The van der Waals surface area contributed by atoms with Gasteiger partial charge in [0.05, 0.1) is 31.8 Å². The van der Waals surface area contributed by atoms with Crippen molar-refractivity contribution >= 4 is 22.8 Å². The van der Waals surface area contributed by atoms with E-state index in [1.165, 1.54) is 23.7 Å². The van der Waals surface area contributed by atoms with Crippen molar-refractivity contribution in [1.82, 2.24) is 14.0 Å². The van der Waals surface area contributed by atoms with E-state index in [1.807, 2.05) is 32.0 Å². The highest BCUT2D eigenvalue weighted by atomic mass is 16.5. The second-order valence-corrected chi connectivity index (χ2v) is 7.54. The van der Waals surface area contributed by atoms with E-state index < -0.39 is 11.8 Å². The van der Waals surface area contributed by atoms with Crippen LogP contribution in [0.25, 0.3) is 11.0 Å². The average Bonchev–Trinajstić information content (AvgIpc) is 3.02. The number of amides is 2. The Bertz CT molecular complexity index is 1190. The number of ether oxygens (including phenoxy) is 2. The summed E-state index contributed by atoms with van der Waals surface area (Å²) in [5, 5.41) is 0. The predicted octanol–water partition coefficient (Wildman–Crippen LogP) is 1.66. The number of carbonyl (C=O) groups excluding carboxylic acids is 2. The first-order chi connectivity index (χ1) is 15.3. The van der Waals surface area contributed by atoms with Crippen LogP contribution in [-0.2, 0) is 29.2 Å². The quantitative estimate of drug-likeness (QED) is 0.544. The summed E-state index contributed by atoms with van der Waals surface area (Å²) >= 11 is 0. The van der Waals surface area contributed by atoms with Gasteiger partial charge in [-0.25, -0.2) is 4.79 Å². The van der Waals surface area contributed by atoms with Gasteiger partial charge in [0.1, 0.15) is 18.0 Å². The van der Waals surface area contributed by atoms with Crippen molar-refractivity contribution in [1.29, 1.82) is 0 Å². The molecule has 0 fully saturated rings. The standard InChI is InChI=1S/C23H28N4O5/c1-5-26-20-8-15(2)6-7-19(20)27(23(26)30)14-22(29)25(13-21(24)28)12-16-9-17(31-3)11-18(10-16)32-4/h6-11H,5,12-14H2,1-4H3,(H2,24,28). The number of primary amides is 1. The molecule has 1 heterocycles. The second-order valence-electron chi connectivity index (χ2n) is 7.54. The fourth-order valence-corrected chi connectivity index (χ4v) is 3.72. The lowest BCUT2D eigenvalue weighted by Crippen LogP contribution is -2.41. The van der Waals surface area contributed by atoms with Crippen LogP contribution in [0, 0.1) is 6.92 Å². The maximum atomic E-state index is 13.2. The van der Waals surface area contributed by atoms with E-state index in [0.29, 0.717) is 29.1 Å². The largest absolute Gasteiger partial charge is 0.497 e. The molecule has 1 aromatic heterocycles. The van der Waals surface area contributed by atoms with E-state index in [0.717, 1.165) is 11.1 Å². The van der Waals surface area contributed by atoms with Crippen molar-refractivity contribution in [3.8, 4) is 11.5 Å². The van der Waals surface area contributed by atoms with E-state index >= 15 is 0 Å². The minimum atomic E-state index is -0.646. The zero-order chi connectivity index (χ0) is 23.4. The number of hydrogen-bond acceptors (Lipinski definition) is 5. The first kappa shape index (κ1) is 22.9. The number of nitrogens with two attached hydrogens (primary N) is 1. The van der Waals surface area contributed by atoms with Crippen molar-refractivity contribution in [2.45, 2.75) is 33.5 Å². The molecule has 3 aromatic rings. The first-order valence-electron chi connectivity index (χ1n) is 10.2. The molecule has 0 atom stereocenters. The van der Waals surface area contributed by atoms with Crippen LogP contribution in [0.2, 0.25) is 0 Å². The first-order valence-corrected chi connectivity index (χ1v) is 10.2. The van der Waals surface area contributed by atoms with Crippen molar-refractivity contribution in [2.75, 3.05) is 20.8 Å². The molecule has 9 heteroatoms. The maximum absolute atomic E-state index is 13.2. The van der Waals surface area contributed by atoms with E-state index in [9.17, 15) is 14.4 Å². The predicted molar refractivity (Wildman–Crippen MR) is 121 cm³/mol. The summed E-state index contributed by atoms with van der Waals surface area (Å²) in [5.74, 6) is 0.0717. The molecule has 0 saturated heterocycles. The molecule has 170 valence electrons. The third-order valence-electron chi connectivity index (χ3n) is 5.27. The number of fused-ring (bicyclic) bond motifs is 1. The minimum Gasteiger partial charge on any atom is -0.497 e. The SMILES string of the molecule is CCn1c(=O)n(CC(=O)N(CC(N)=O)Cc2cc(OC)cc(OC)c2)c2ccc(C)cc21. The van der Waals surface area contributed by atoms with Crippen molar-refractivity contribution in [3.63, 3.8) is 0 Å². The number of benzene rings is 2. The summed E-state index contributed by atoms with van der Waals surface area (Å²) in [7, 11) is 3.06. The number of nitrogens with zero attached hydrogens (tertiary/aromatic N) is 3. The van der Waals surface area contributed by atoms with Gasteiger partial charge < -0.3 is 20.1 Å². The van der Waals surface area contributed by atoms with Crippen LogP contribution < -0.4 is 20.9 Å². The Morgan fingerprint density at radius 2 is 1.66 bits per heavy atom. The van der Waals surface area contributed by atoms with Crippen LogP contribution in [0.3, 0.4) is 0 Å². The van der Waals surface area contributed by atoms with Crippen molar-refractivity contribution in [2.24, 2.45) is 5.73 Å². The Kier molecular flexibility index (Phi) is 6.87. The zero-order valence-corrected chi connectivity index (χ0v) is 18.8. The average molecular weight is 441 g/mol. The number of hydrogen-bond donors (Lipinski definition) is 1. The summed E-state index contributed by atoms with van der Waals surface area (Å²) in [4.78, 5) is 39.2. The van der Waals surface area contributed by atoms with Gasteiger partial charge in [0.2, 0.25) is 11.8 Å². The van der Waals surface area contributed by atoms with Gasteiger partial charge in [-0.15, -0.1) is 0 Å².